The monoisotopic (exact) mass is 678 g/mol. The standard InChI is InChI=1S/C54H30/c1-2-8-38-37(7-1)43-19-13-31-25-49(43)50-26-32(14-20-44(38)50)34-16-22-46-41-11-5-6-12-42(41)48-24-18-36(30-54(48)52(46)28-34)35-17-23-47-40-10-4-3-9-39(40)45-21-15-33(31)27-51(45)53(47)29-35/h1-30H. The van der Waals surface area contributed by atoms with E-state index in [2.05, 4.69) is 182 Å². The molecule has 0 aliphatic heterocycles. The lowest BCUT2D eigenvalue weighted by molar-refractivity contribution is 1.79. The molecule has 0 saturated heterocycles. The molecule has 0 spiro atoms. The second-order valence-electron chi connectivity index (χ2n) is 15.2. The second kappa shape index (κ2) is 10.3. The molecule has 0 atom stereocenters. The van der Waals surface area contributed by atoms with Crippen molar-refractivity contribution in [3.05, 3.63) is 182 Å². The molecule has 0 heteroatoms. The van der Waals surface area contributed by atoms with Crippen LogP contribution in [0.2, 0.25) is 0 Å². The van der Waals surface area contributed by atoms with Gasteiger partial charge in [0.2, 0.25) is 0 Å². The fraction of sp³-hybridized carbons (Fsp3) is 0. The Morgan fingerprint density at radius 2 is 0.278 bits per heavy atom. The second-order valence-corrected chi connectivity index (χ2v) is 15.2. The van der Waals surface area contributed by atoms with Crippen molar-refractivity contribution in [2.45, 2.75) is 0 Å². The summed E-state index contributed by atoms with van der Waals surface area (Å²) >= 11 is 0. The zero-order valence-corrected chi connectivity index (χ0v) is 29.3. The van der Waals surface area contributed by atoms with Crippen molar-refractivity contribution in [3.63, 3.8) is 0 Å². The van der Waals surface area contributed by atoms with Crippen LogP contribution >= 0.6 is 0 Å². The molecule has 246 valence electrons. The van der Waals surface area contributed by atoms with Gasteiger partial charge in [-0.3, -0.25) is 0 Å². The molecule has 0 aromatic heterocycles. The molecule has 13 aromatic carbocycles. The maximum atomic E-state index is 2.44. The first-order valence-electron chi connectivity index (χ1n) is 18.9. The predicted molar refractivity (Wildman–Crippen MR) is 237 cm³/mol. The third kappa shape index (κ3) is 3.77. The fourth-order valence-corrected chi connectivity index (χ4v) is 9.95. The van der Waals surface area contributed by atoms with Crippen LogP contribution in [0.5, 0.6) is 0 Å². The Balaban J connectivity index is 1.32. The van der Waals surface area contributed by atoms with Gasteiger partial charge in [0.25, 0.3) is 0 Å². The zero-order chi connectivity index (χ0) is 35.1. The summed E-state index contributed by atoms with van der Waals surface area (Å²) in [5, 5.41) is 30.7. The quantitative estimate of drug-likeness (QED) is 0.140. The average molecular weight is 679 g/mol. The van der Waals surface area contributed by atoms with Gasteiger partial charge in [0.15, 0.2) is 0 Å². The van der Waals surface area contributed by atoms with Gasteiger partial charge in [0, 0.05) is 0 Å². The van der Waals surface area contributed by atoms with Gasteiger partial charge in [-0.2, -0.15) is 0 Å². The van der Waals surface area contributed by atoms with E-state index in [0.717, 1.165) is 0 Å². The molecule has 0 fully saturated rings. The zero-order valence-electron chi connectivity index (χ0n) is 29.3. The van der Waals surface area contributed by atoms with Crippen LogP contribution in [0.1, 0.15) is 0 Å². The lowest BCUT2D eigenvalue weighted by Gasteiger charge is -2.14. The molecule has 54 heavy (non-hydrogen) atoms. The maximum absolute atomic E-state index is 2.44. The SMILES string of the molecule is c1ccc2c(c1)c1ccc3cc1c1cc(ccc21)c1ccc2c4ccccc4c4ccc(cc4c2c1)c1ccc2c4ccccc4c4ccc3cc4c2c1. The van der Waals surface area contributed by atoms with Gasteiger partial charge in [-0.25, -0.2) is 0 Å². The van der Waals surface area contributed by atoms with Crippen LogP contribution in [0.3, 0.4) is 0 Å². The minimum atomic E-state index is 1.23. The Hall–Kier alpha value is -7.02. The molecule has 0 aliphatic carbocycles. The van der Waals surface area contributed by atoms with Crippen LogP contribution in [-0.2, 0) is 0 Å². The summed E-state index contributed by atoms with van der Waals surface area (Å²) in [7, 11) is 0. The molecule has 0 heterocycles. The van der Waals surface area contributed by atoms with Crippen LogP contribution < -0.4 is 0 Å². The molecule has 0 nitrogen and oxygen atoms in total. The van der Waals surface area contributed by atoms with E-state index in [9.17, 15) is 0 Å². The average Bonchev–Trinajstić information content (AvgIpc) is 3.25. The van der Waals surface area contributed by atoms with Gasteiger partial charge in [0.05, 0.1) is 0 Å². The van der Waals surface area contributed by atoms with Crippen molar-refractivity contribution >= 4 is 129 Å². The van der Waals surface area contributed by atoms with Crippen LogP contribution in [0, 0.1) is 0 Å². The Kier molecular flexibility index (Phi) is 5.45. The van der Waals surface area contributed by atoms with Crippen LogP contribution in [0.25, 0.3) is 129 Å². The highest BCUT2D eigenvalue weighted by Crippen LogP contribution is 2.42. The molecule has 13 aromatic rings. The Labute approximate surface area is 310 Å². The van der Waals surface area contributed by atoms with E-state index in [4.69, 9.17) is 0 Å². The van der Waals surface area contributed by atoms with Crippen LogP contribution in [0.4, 0.5) is 0 Å². The molecule has 0 unspecified atom stereocenters. The van der Waals surface area contributed by atoms with Crippen molar-refractivity contribution < 1.29 is 0 Å². The Morgan fingerprint density at radius 1 is 0.130 bits per heavy atom. The summed E-state index contributed by atoms with van der Waals surface area (Å²) < 4.78 is 0. The van der Waals surface area contributed by atoms with E-state index in [1.165, 1.54) is 129 Å². The van der Waals surface area contributed by atoms with Gasteiger partial charge < -0.3 is 0 Å². The van der Waals surface area contributed by atoms with Crippen molar-refractivity contribution in [3.8, 4) is 0 Å². The van der Waals surface area contributed by atoms with E-state index < -0.39 is 0 Å². The third-order valence-corrected chi connectivity index (χ3v) is 12.5. The topological polar surface area (TPSA) is 0 Å². The van der Waals surface area contributed by atoms with Crippen LogP contribution in [0.15, 0.2) is 182 Å². The summed E-state index contributed by atoms with van der Waals surface area (Å²) in [6.07, 6.45) is 0. The summed E-state index contributed by atoms with van der Waals surface area (Å²) in [5.74, 6) is 0. The van der Waals surface area contributed by atoms with E-state index in [1.54, 1.807) is 0 Å². The number of hydrogen-bond acceptors (Lipinski definition) is 0. The van der Waals surface area contributed by atoms with Gasteiger partial charge in [0.1, 0.15) is 0 Å². The van der Waals surface area contributed by atoms with Crippen LogP contribution in [-0.4, -0.2) is 0 Å². The summed E-state index contributed by atoms with van der Waals surface area (Å²) in [6.45, 7) is 0. The normalized spacial score (nSPS) is 12.4. The van der Waals surface area contributed by atoms with Crippen molar-refractivity contribution in [2.24, 2.45) is 0 Å². The van der Waals surface area contributed by atoms with Gasteiger partial charge in [-0.05, 0) is 166 Å². The smallest absolute Gasteiger partial charge is 0.00926 e. The minimum absolute atomic E-state index is 1.23. The van der Waals surface area contributed by atoms with Crippen molar-refractivity contribution in [1.82, 2.24) is 0 Å². The molecule has 12 bridgehead atoms. The Morgan fingerprint density at radius 3 is 0.444 bits per heavy atom. The highest BCUT2D eigenvalue weighted by atomic mass is 14.2. The third-order valence-electron chi connectivity index (χ3n) is 12.5. The first-order valence-corrected chi connectivity index (χ1v) is 18.9. The number of benzene rings is 12. The molecule has 0 aliphatic rings. The largest absolute Gasteiger partial charge is 0.0616 e. The highest BCUT2D eigenvalue weighted by molar-refractivity contribution is 6.31. The lowest BCUT2D eigenvalue weighted by Crippen LogP contribution is -1.86. The summed E-state index contributed by atoms with van der Waals surface area (Å²) in [5.41, 5.74) is 0. The van der Waals surface area contributed by atoms with E-state index >= 15 is 0 Å². The van der Waals surface area contributed by atoms with Crippen molar-refractivity contribution in [2.75, 3.05) is 0 Å². The first kappa shape index (κ1) is 28.6. The lowest BCUT2D eigenvalue weighted by atomic mass is 9.90. The number of rotatable bonds is 0. The fourth-order valence-electron chi connectivity index (χ4n) is 9.95. The van der Waals surface area contributed by atoms with Gasteiger partial charge in [-0.1, -0.05) is 146 Å². The van der Waals surface area contributed by atoms with E-state index in [-0.39, 0.29) is 0 Å². The van der Waals surface area contributed by atoms with Gasteiger partial charge >= 0.3 is 0 Å². The number of hydrogen-bond donors (Lipinski definition) is 0. The molecule has 13 rings (SSSR count). The highest BCUT2D eigenvalue weighted by Gasteiger charge is 2.14. The first-order chi connectivity index (χ1) is 26.7. The molecule has 0 N–H and O–H groups in total. The molecule has 0 saturated carbocycles. The minimum Gasteiger partial charge on any atom is -0.0616 e. The maximum Gasteiger partial charge on any atom is -0.00926 e. The van der Waals surface area contributed by atoms with Gasteiger partial charge in [-0.15, -0.1) is 0 Å². The molecular weight excluding hydrogens is 649 g/mol. The van der Waals surface area contributed by atoms with E-state index in [0.29, 0.717) is 0 Å². The molecular formula is C54H30. The van der Waals surface area contributed by atoms with E-state index in [1.807, 2.05) is 0 Å². The molecule has 0 amide bonds. The summed E-state index contributed by atoms with van der Waals surface area (Å²) in [4.78, 5) is 0. The Bertz CT molecular complexity index is 3180. The molecule has 0 radical (unpaired) electrons. The summed E-state index contributed by atoms with van der Waals surface area (Å²) in [6, 6.07) is 69.3. The predicted octanol–water partition coefficient (Wildman–Crippen LogP) is 15.5. The van der Waals surface area contributed by atoms with Crippen molar-refractivity contribution in [1.29, 1.82) is 0 Å². The number of fused-ring (bicyclic) bond motifs is 18.